The van der Waals surface area contributed by atoms with Crippen LogP contribution in [0.3, 0.4) is 0 Å². The van der Waals surface area contributed by atoms with E-state index < -0.39 is 16.0 Å². The molecular formula is C11H11N3O5S2. The van der Waals surface area contributed by atoms with Gasteiger partial charge in [0.15, 0.2) is 0 Å². The summed E-state index contributed by atoms with van der Waals surface area (Å²) in [6, 6.07) is 3.61. The van der Waals surface area contributed by atoms with Gasteiger partial charge >= 0.3 is 5.97 Å². The molecule has 0 aliphatic rings. The highest BCUT2D eigenvalue weighted by Crippen LogP contribution is 2.24. The van der Waals surface area contributed by atoms with Crippen LogP contribution in [0, 0.1) is 0 Å². The van der Waals surface area contributed by atoms with Crippen molar-refractivity contribution >= 4 is 32.5 Å². The number of carboxylic acids is 1. The van der Waals surface area contributed by atoms with Gasteiger partial charge in [-0.15, -0.1) is 10.2 Å². The van der Waals surface area contributed by atoms with Crippen molar-refractivity contribution in [3.63, 3.8) is 0 Å². The Morgan fingerprint density at radius 3 is 2.81 bits per heavy atom. The van der Waals surface area contributed by atoms with Crippen molar-refractivity contribution < 1.29 is 23.1 Å². The summed E-state index contributed by atoms with van der Waals surface area (Å²) in [5.41, 5.74) is 1.15. The summed E-state index contributed by atoms with van der Waals surface area (Å²) < 4.78 is 31.6. The summed E-state index contributed by atoms with van der Waals surface area (Å²) in [5, 5.41) is 16.3. The average molecular weight is 329 g/mol. The predicted molar refractivity (Wildman–Crippen MR) is 75.3 cm³/mol. The molecule has 0 saturated heterocycles. The van der Waals surface area contributed by atoms with E-state index in [-0.39, 0.29) is 27.9 Å². The number of hydrogen-bond acceptors (Lipinski definition) is 7. The number of hydrogen-bond donors (Lipinski definition) is 2. The highest BCUT2D eigenvalue weighted by molar-refractivity contribution is 7.93. The maximum atomic E-state index is 12.1. The van der Waals surface area contributed by atoms with Crippen LogP contribution in [0.2, 0.25) is 0 Å². The molecule has 0 unspecified atom stereocenters. The highest BCUT2D eigenvalue weighted by Gasteiger charge is 2.20. The van der Waals surface area contributed by atoms with E-state index >= 15 is 0 Å². The van der Waals surface area contributed by atoms with Crippen LogP contribution in [0.4, 0.5) is 5.13 Å². The minimum absolute atomic E-state index is 0.0979. The molecule has 2 rings (SSSR count). The van der Waals surface area contributed by atoms with E-state index in [4.69, 9.17) is 9.84 Å². The summed E-state index contributed by atoms with van der Waals surface area (Å²) in [6.45, 7) is 1.97. The molecular weight excluding hydrogens is 318 g/mol. The minimum atomic E-state index is -3.93. The Hall–Kier alpha value is -2.20. The van der Waals surface area contributed by atoms with E-state index in [0.717, 1.165) is 17.4 Å². The minimum Gasteiger partial charge on any atom is -0.493 e. The third kappa shape index (κ3) is 3.47. The lowest BCUT2D eigenvalue weighted by Crippen LogP contribution is -2.14. The number of ether oxygens (including phenoxy) is 1. The molecule has 0 radical (unpaired) electrons. The van der Waals surface area contributed by atoms with Gasteiger partial charge in [0.1, 0.15) is 16.8 Å². The number of aromatic nitrogens is 2. The lowest BCUT2D eigenvalue weighted by molar-refractivity contribution is 0.0692. The molecule has 0 atom stereocenters. The quantitative estimate of drug-likeness (QED) is 0.823. The molecule has 0 amide bonds. The van der Waals surface area contributed by atoms with Gasteiger partial charge in [-0.1, -0.05) is 11.3 Å². The second-order valence-corrected chi connectivity index (χ2v) is 6.26. The molecule has 112 valence electrons. The number of carbonyl (C=O) groups is 1. The van der Waals surface area contributed by atoms with Crippen LogP contribution in [0.1, 0.15) is 17.3 Å². The SMILES string of the molecule is CCOc1ccc(S(=O)(=O)Nc2nncs2)cc1C(=O)O. The zero-order valence-corrected chi connectivity index (χ0v) is 12.4. The van der Waals surface area contributed by atoms with Crippen molar-refractivity contribution in [3.8, 4) is 5.75 Å². The Morgan fingerprint density at radius 1 is 1.48 bits per heavy atom. The van der Waals surface area contributed by atoms with E-state index in [0.29, 0.717) is 0 Å². The van der Waals surface area contributed by atoms with Crippen LogP contribution in [0.5, 0.6) is 5.75 Å². The Morgan fingerprint density at radius 2 is 2.24 bits per heavy atom. The van der Waals surface area contributed by atoms with Gasteiger partial charge in [0.05, 0.1) is 11.5 Å². The normalized spacial score (nSPS) is 11.1. The second kappa shape index (κ2) is 6.06. The maximum Gasteiger partial charge on any atom is 0.339 e. The number of nitrogens with zero attached hydrogens (tertiary/aromatic N) is 2. The van der Waals surface area contributed by atoms with E-state index in [2.05, 4.69) is 14.9 Å². The lowest BCUT2D eigenvalue weighted by Gasteiger charge is -2.10. The lowest BCUT2D eigenvalue weighted by atomic mass is 10.2. The van der Waals surface area contributed by atoms with E-state index in [1.165, 1.54) is 17.6 Å². The van der Waals surface area contributed by atoms with Crippen LogP contribution in [-0.4, -0.2) is 36.3 Å². The Kier molecular flexibility index (Phi) is 4.38. The molecule has 1 aromatic heterocycles. The molecule has 0 fully saturated rings. The molecule has 10 heteroatoms. The number of carboxylic acid groups (broad SMARTS) is 1. The number of rotatable bonds is 6. The van der Waals surface area contributed by atoms with Gasteiger partial charge in [0.25, 0.3) is 10.0 Å². The average Bonchev–Trinajstić information content (AvgIpc) is 2.91. The van der Waals surface area contributed by atoms with E-state index in [9.17, 15) is 13.2 Å². The molecule has 8 nitrogen and oxygen atoms in total. The molecule has 1 heterocycles. The zero-order valence-electron chi connectivity index (χ0n) is 10.8. The largest absolute Gasteiger partial charge is 0.493 e. The number of aromatic carboxylic acids is 1. The van der Waals surface area contributed by atoms with Crippen LogP contribution in [-0.2, 0) is 10.0 Å². The molecule has 1 aromatic carbocycles. The van der Waals surface area contributed by atoms with Gasteiger partial charge in [-0.05, 0) is 25.1 Å². The fraction of sp³-hybridized carbons (Fsp3) is 0.182. The molecule has 0 bridgehead atoms. The zero-order chi connectivity index (χ0) is 15.5. The van der Waals surface area contributed by atoms with Crippen LogP contribution in [0.15, 0.2) is 28.6 Å². The van der Waals surface area contributed by atoms with Gasteiger partial charge in [-0.3, -0.25) is 4.72 Å². The first-order valence-electron chi connectivity index (χ1n) is 5.73. The number of benzene rings is 1. The monoisotopic (exact) mass is 329 g/mol. The fourth-order valence-electron chi connectivity index (χ4n) is 1.52. The van der Waals surface area contributed by atoms with Crippen molar-refractivity contribution in [1.82, 2.24) is 10.2 Å². The van der Waals surface area contributed by atoms with Crippen molar-refractivity contribution in [2.24, 2.45) is 0 Å². The van der Waals surface area contributed by atoms with Gasteiger partial charge < -0.3 is 9.84 Å². The Bertz CT molecular complexity index is 743. The van der Waals surface area contributed by atoms with Crippen LogP contribution < -0.4 is 9.46 Å². The van der Waals surface area contributed by atoms with Gasteiger partial charge in [-0.2, -0.15) is 0 Å². The summed E-state index contributed by atoms with van der Waals surface area (Å²) in [5.74, 6) is -1.16. The summed E-state index contributed by atoms with van der Waals surface area (Å²) in [7, 11) is -3.93. The van der Waals surface area contributed by atoms with Gasteiger partial charge in [0.2, 0.25) is 5.13 Å². The summed E-state index contributed by atoms with van der Waals surface area (Å²) >= 11 is 1.01. The first-order valence-corrected chi connectivity index (χ1v) is 8.09. The standard InChI is InChI=1S/C11H11N3O5S2/c1-2-19-9-4-3-7(5-8(9)10(15)16)21(17,18)14-11-13-12-6-20-11/h3-6H,2H2,1H3,(H,13,14)(H,15,16). The molecule has 2 N–H and O–H groups in total. The molecule has 0 saturated carbocycles. The molecule has 21 heavy (non-hydrogen) atoms. The number of anilines is 1. The second-order valence-electron chi connectivity index (χ2n) is 3.75. The third-order valence-electron chi connectivity index (χ3n) is 2.37. The van der Waals surface area contributed by atoms with E-state index in [1.807, 2.05) is 0 Å². The van der Waals surface area contributed by atoms with Crippen LogP contribution in [0.25, 0.3) is 0 Å². The first-order chi connectivity index (χ1) is 9.94. The maximum absolute atomic E-state index is 12.1. The third-order valence-corrected chi connectivity index (χ3v) is 4.45. The van der Waals surface area contributed by atoms with Crippen molar-refractivity contribution in [2.45, 2.75) is 11.8 Å². The number of sulfonamides is 1. The predicted octanol–water partition coefficient (Wildman–Crippen LogP) is 1.44. The summed E-state index contributed by atoms with van der Waals surface area (Å²) in [4.78, 5) is 11.0. The summed E-state index contributed by atoms with van der Waals surface area (Å²) in [6.07, 6.45) is 0. The molecule has 0 aliphatic carbocycles. The van der Waals surface area contributed by atoms with Crippen LogP contribution >= 0.6 is 11.3 Å². The molecule has 0 spiro atoms. The van der Waals surface area contributed by atoms with Gasteiger partial charge in [0, 0.05) is 0 Å². The Labute approximate surface area is 124 Å². The van der Waals surface area contributed by atoms with Gasteiger partial charge in [-0.25, -0.2) is 13.2 Å². The van der Waals surface area contributed by atoms with Crippen molar-refractivity contribution in [3.05, 3.63) is 29.3 Å². The first kappa shape index (κ1) is 15.2. The van der Waals surface area contributed by atoms with Crippen molar-refractivity contribution in [1.29, 1.82) is 0 Å². The fourth-order valence-corrected chi connectivity index (χ4v) is 3.23. The molecule has 2 aromatic rings. The number of nitrogens with one attached hydrogen (secondary N) is 1. The Balaban J connectivity index is 2.39. The van der Waals surface area contributed by atoms with E-state index in [1.54, 1.807) is 6.92 Å². The smallest absolute Gasteiger partial charge is 0.339 e. The highest BCUT2D eigenvalue weighted by atomic mass is 32.2. The molecule has 0 aliphatic heterocycles. The van der Waals surface area contributed by atoms with Crippen molar-refractivity contribution in [2.75, 3.05) is 11.3 Å². The topological polar surface area (TPSA) is 118 Å².